The first-order valence-corrected chi connectivity index (χ1v) is 7.38. The first kappa shape index (κ1) is 13.7. The molecule has 0 aliphatic rings. The lowest BCUT2D eigenvalue weighted by atomic mass is 10.0. The topological polar surface area (TPSA) is 12.0 Å². The number of rotatable bonds is 4. The first-order valence-electron chi connectivity index (χ1n) is 5.77. The van der Waals surface area contributed by atoms with Crippen LogP contribution in [-0.4, -0.2) is 7.05 Å². The molecule has 0 saturated heterocycles. The van der Waals surface area contributed by atoms with Crippen LogP contribution in [0.25, 0.3) is 0 Å². The molecule has 0 fully saturated rings. The van der Waals surface area contributed by atoms with E-state index < -0.39 is 0 Å². The molecular weight excluding hydrogens is 313 g/mol. The van der Waals surface area contributed by atoms with Gasteiger partial charge in [0.05, 0.1) is 0 Å². The highest BCUT2D eigenvalue weighted by atomic mass is 79.9. The molecule has 18 heavy (non-hydrogen) atoms. The zero-order valence-corrected chi connectivity index (χ0v) is 12.7. The van der Waals surface area contributed by atoms with E-state index in [9.17, 15) is 4.39 Å². The van der Waals surface area contributed by atoms with Gasteiger partial charge in [0.1, 0.15) is 5.82 Å². The van der Waals surface area contributed by atoms with Crippen molar-refractivity contribution in [3.8, 4) is 0 Å². The summed E-state index contributed by atoms with van der Waals surface area (Å²) < 4.78 is 14.3. The highest BCUT2D eigenvalue weighted by Gasteiger charge is 2.16. The molecule has 0 amide bonds. The molecule has 1 aromatic carbocycles. The molecule has 2 aromatic rings. The average molecular weight is 328 g/mol. The molecule has 1 nitrogen and oxygen atoms in total. The molecule has 1 aromatic heterocycles. The van der Waals surface area contributed by atoms with Gasteiger partial charge in [-0.05, 0) is 60.1 Å². The summed E-state index contributed by atoms with van der Waals surface area (Å²) in [5.41, 5.74) is 1.01. The van der Waals surface area contributed by atoms with E-state index in [4.69, 9.17) is 0 Å². The predicted molar refractivity (Wildman–Crippen MR) is 78.7 cm³/mol. The van der Waals surface area contributed by atoms with Gasteiger partial charge in [-0.2, -0.15) is 0 Å². The summed E-state index contributed by atoms with van der Waals surface area (Å²) in [6.45, 7) is 2.09. The number of halogens is 2. The van der Waals surface area contributed by atoms with Crippen LogP contribution in [0.1, 0.15) is 21.4 Å². The molecule has 1 heterocycles. The SMILES string of the molecule is CNC(Cc1cccc(F)c1)c1sc(C)cc1Br. The molecular formula is C14H15BrFNS. The summed E-state index contributed by atoms with van der Waals surface area (Å²) in [6.07, 6.45) is 0.785. The summed E-state index contributed by atoms with van der Waals surface area (Å²) in [5, 5.41) is 3.30. The zero-order chi connectivity index (χ0) is 13.1. The third-order valence-corrected chi connectivity index (χ3v) is 4.91. The van der Waals surface area contributed by atoms with E-state index in [1.807, 2.05) is 13.1 Å². The fourth-order valence-electron chi connectivity index (χ4n) is 1.96. The second-order valence-corrected chi connectivity index (χ2v) is 6.39. The molecule has 0 spiro atoms. The van der Waals surface area contributed by atoms with Gasteiger partial charge < -0.3 is 5.32 Å². The smallest absolute Gasteiger partial charge is 0.123 e. The van der Waals surface area contributed by atoms with Crippen LogP contribution in [0.5, 0.6) is 0 Å². The molecule has 0 saturated carbocycles. The zero-order valence-electron chi connectivity index (χ0n) is 10.3. The molecule has 0 bridgehead atoms. The average Bonchev–Trinajstić information content (AvgIpc) is 2.65. The van der Waals surface area contributed by atoms with Crippen molar-refractivity contribution < 1.29 is 4.39 Å². The Labute approximate surface area is 119 Å². The Hall–Kier alpha value is -0.710. The highest BCUT2D eigenvalue weighted by Crippen LogP contribution is 2.33. The van der Waals surface area contributed by atoms with Crippen molar-refractivity contribution in [1.29, 1.82) is 0 Å². The second-order valence-electron chi connectivity index (χ2n) is 4.24. The van der Waals surface area contributed by atoms with Crippen LogP contribution in [-0.2, 0) is 6.42 Å². The van der Waals surface area contributed by atoms with Crippen molar-refractivity contribution in [3.63, 3.8) is 0 Å². The molecule has 1 N–H and O–H groups in total. The van der Waals surface area contributed by atoms with Gasteiger partial charge >= 0.3 is 0 Å². The number of hydrogen-bond acceptors (Lipinski definition) is 2. The predicted octanol–water partition coefficient (Wildman–Crippen LogP) is 4.46. The number of hydrogen-bond donors (Lipinski definition) is 1. The van der Waals surface area contributed by atoms with Crippen molar-refractivity contribution in [1.82, 2.24) is 5.32 Å². The Morgan fingerprint density at radius 3 is 2.72 bits per heavy atom. The van der Waals surface area contributed by atoms with E-state index in [1.165, 1.54) is 15.8 Å². The van der Waals surface area contributed by atoms with E-state index in [2.05, 4.69) is 34.2 Å². The molecule has 0 aliphatic heterocycles. The summed E-state index contributed by atoms with van der Waals surface area (Å²) in [7, 11) is 1.94. The fourth-order valence-corrected chi connectivity index (χ4v) is 4.00. The molecule has 1 atom stereocenters. The van der Waals surface area contributed by atoms with Gasteiger partial charge in [-0.25, -0.2) is 4.39 Å². The normalized spacial score (nSPS) is 12.7. The number of thiophene rings is 1. The van der Waals surface area contributed by atoms with Crippen LogP contribution >= 0.6 is 27.3 Å². The molecule has 0 radical (unpaired) electrons. The third kappa shape index (κ3) is 3.19. The Bertz CT molecular complexity index is 538. The fraction of sp³-hybridized carbons (Fsp3) is 0.286. The minimum Gasteiger partial charge on any atom is -0.312 e. The standard InChI is InChI=1S/C14H15BrFNS/c1-9-6-12(15)14(18-9)13(17-2)8-10-4-3-5-11(16)7-10/h3-7,13,17H,8H2,1-2H3. The minimum atomic E-state index is -0.177. The van der Waals surface area contributed by atoms with Crippen LogP contribution in [0.15, 0.2) is 34.8 Å². The Kier molecular flexibility index (Phi) is 4.54. The van der Waals surface area contributed by atoms with Gasteiger partial charge in [0.15, 0.2) is 0 Å². The van der Waals surface area contributed by atoms with Crippen molar-refractivity contribution in [2.75, 3.05) is 7.05 Å². The molecule has 1 unspecified atom stereocenters. The van der Waals surface area contributed by atoms with Crippen LogP contribution < -0.4 is 5.32 Å². The van der Waals surface area contributed by atoms with Crippen molar-refractivity contribution in [2.45, 2.75) is 19.4 Å². The van der Waals surface area contributed by atoms with Gasteiger partial charge in [-0.1, -0.05) is 12.1 Å². The van der Waals surface area contributed by atoms with Crippen LogP contribution in [0, 0.1) is 12.7 Å². The lowest BCUT2D eigenvalue weighted by Crippen LogP contribution is -2.18. The lowest BCUT2D eigenvalue weighted by molar-refractivity contribution is 0.590. The first-order chi connectivity index (χ1) is 8.60. The van der Waals surface area contributed by atoms with Crippen molar-refractivity contribution in [2.24, 2.45) is 0 Å². The van der Waals surface area contributed by atoms with Gasteiger partial charge in [0.25, 0.3) is 0 Å². The van der Waals surface area contributed by atoms with E-state index >= 15 is 0 Å². The quantitative estimate of drug-likeness (QED) is 0.874. The number of nitrogens with one attached hydrogen (secondary N) is 1. The molecule has 0 aliphatic carbocycles. The van der Waals surface area contributed by atoms with Crippen LogP contribution in [0.4, 0.5) is 4.39 Å². The Balaban J connectivity index is 2.22. The Morgan fingerprint density at radius 1 is 1.39 bits per heavy atom. The Morgan fingerprint density at radius 2 is 2.17 bits per heavy atom. The van der Waals surface area contributed by atoms with Gasteiger partial charge in [-0.15, -0.1) is 11.3 Å². The van der Waals surface area contributed by atoms with Gasteiger partial charge in [0, 0.05) is 20.3 Å². The maximum atomic E-state index is 13.2. The second kappa shape index (κ2) is 5.95. The monoisotopic (exact) mass is 327 g/mol. The highest BCUT2D eigenvalue weighted by molar-refractivity contribution is 9.10. The maximum absolute atomic E-state index is 13.2. The van der Waals surface area contributed by atoms with Gasteiger partial charge in [-0.3, -0.25) is 0 Å². The molecule has 4 heteroatoms. The van der Waals surface area contributed by atoms with Crippen LogP contribution in [0.2, 0.25) is 0 Å². The maximum Gasteiger partial charge on any atom is 0.123 e. The van der Waals surface area contributed by atoms with E-state index in [0.29, 0.717) is 0 Å². The molecule has 96 valence electrons. The van der Waals surface area contributed by atoms with E-state index in [-0.39, 0.29) is 11.9 Å². The minimum absolute atomic E-state index is 0.177. The number of benzene rings is 1. The summed E-state index contributed by atoms with van der Waals surface area (Å²) >= 11 is 5.35. The van der Waals surface area contributed by atoms with E-state index in [1.54, 1.807) is 23.5 Å². The van der Waals surface area contributed by atoms with Gasteiger partial charge in [0.2, 0.25) is 0 Å². The van der Waals surface area contributed by atoms with Crippen molar-refractivity contribution >= 4 is 27.3 Å². The largest absolute Gasteiger partial charge is 0.312 e. The van der Waals surface area contributed by atoms with Crippen molar-refractivity contribution in [3.05, 3.63) is 55.9 Å². The summed E-state index contributed by atoms with van der Waals surface area (Å²) in [4.78, 5) is 2.54. The van der Waals surface area contributed by atoms with E-state index in [0.717, 1.165) is 16.5 Å². The molecule has 2 rings (SSSR count). The number of aryl methyl sites for hydroxylation is 1. The summed E-state index contributed by atoms with van der Waals surface area (Å²) in [5.74, 6) is -0.177. The lowest BCUT2D eigenvalue weighted by Gasteiger charge is -2.15. The number of likely N-dealkylation sites (N-methyl/N-ethyl adjacent to an activating group) is 1. The third-order valence-electron chi connectivity index (χ3n) is 2.83. The van der Waals surface area contributed by atoms with Crippen LogP contribution in [0.3, 0.4) is 0 Å². The summed E-state index contributed by atoms with van der Waals surface area (Å²) in [6, 6.07) is 9.12.